The lowest BCUT2D eigenvalue weighted by atomic mass is 9.72. The van der Waals surface area contributed by atoms with E-state index < -0.39 is 11.0 Å². The van der Waals surface area contributed by atoms with Gasteiger partial charge in [0.2, 0.25) is 11.8 Å². The van der Waals surface area contributed by atoms with Gasteiger partial charge >= 0.3 is 0 Å². The normalized spacial score (nSPS) is 25.8. The van der Waals surface area contributed by atoms with Gasteiger partial charge in [-0.1, -0.05) is 19.3 Å². The fourth-order valence-corrected chi connectivity index (χ4v) is 3.28. The number of carbonyl (C=O) groups excluding carboxylic acids is 2. The van der Waals surface area contributed by atoms with Gasteiger partial charge in [-0.05, 0) is 26.7 Å². The van der Waals surface area contributed by atoms with E-state index in [1.165, 1.54) is 6.42 Å². The van der Waals surface area contributed by atoms with Crippen LogP contribution in [0.2, 0.25) is 0 Å². The predicted molar refractivity (Wildman–Crippen MR) is 73.4 cm³/mol. The number of amides is 2. The van der Waals surface area contributed by atoms with Crippen LogP contribution < -0.4 is 11.1 Å². The van der Waals surface area contributed by atoms with E-state index in [1.807, 2.05) is 13.8 Å². The molecule has 0 atom stereocenters. The fourth-order valence-electron chi connectivity index (χ4n) is 3.28. The second-order valence-electron chi connectivity index (χ2n) is 6.32. The Kier molecular flexibility index (Phi) is 3.85. The molecule has 2 fully saturated rings. The smallest absolute Gasteiger partial charge is 0.245 e. The molecule has 0 spiro atoms. The summed E-state index contributed by atoms with van der Waals surface area (Å²) in [6.45, 7) is 5.13. The third-order valence-corrected chi connectivity index (χ3v) is 4.75. The minimum Gasteiger partial charge on any atom is -0.352 e. The predicted octanol–water partition coefficient (Wildman–Crippen LogP) is 0.633. The molecule has 0 aromatic carbocycles. The Morgan fingerprint density at radius 3 is 2.53 bits per heavy atom. The molecular weight excluding hydrogens is 242 g/mol. The van der Waals surface area contributed by atoms with Crippen LogP contribution in [-0.2, 0) is 9.59 Å². The summed E-state index contributed by atoms with van der Waals surface area (Å²) in [7, 11) is 0. The summed E-state index contributed by atoms with van der Waals surface area (Å²) in [6.07, 6.45) is 5.01. The van der Waals surface area contributed by atoms with Crippen LogP contribution in [0.4, 0.5) is 0 Å². The van der Waals surface area contributed by atoms with Gasteiger partial charge in [0.1, 0.15) is 5.54 Å². The molecule has 0 unspecified atom stereocenters. The standard InChI is InChI=1S/C14H25N3O2/c1-13(2)11(18)16-8-9-17(13)12(19)14(10-15)6-4-3-5-7-14/h3-10,15H2,1-2H3,(H,16,18). The minimum absolute atomic E-state index is 0.0740. The first-order valence-corrected chi connectivity index (χ1v) is 7.24. The second kappa shape index (κ2) is 5.12. The summed E-state index contributed by atoms with van der Waals surface area (Å²) in [6, 6.07) is 0. The van der Waals surface area contributed by atoms with Crippen molar-refractivity contribution in [2.75, 3.05) is 19.6 Å². The van der Waals surface area contributed by atoms with Gasteiger partial charge in [-0.2, -0.15) is 0 Å². The van der Waals surface area contributed by atoms with Crippen molar-refractivity contribution in [1.29, 1.82) is 0 Å². The third kappa shape index (κ3) is 2.36. The zero-order chi connectivity index (χ0) is 14.1. The molecule has 1 saturated heterocycles. The maximum Gasteiger partial charge on any atom is 0.245 e. The molecule has 5 nitrogen and oxygen atoms in total. The Hall–Kier alpha value is -1.10. The summed E-state index contributed by atoms with van der Waals surface area (Å²) < 4.78 is 0. The van der Waals surface area contributed by atoms with Crippen molar-refractivity contribution in [2.45, 2.75) is 51.5 Å². The molecule has 5 heteroatoms. The number of hydrogen-bond donors (Lipinski definition) is 2. The Balaban J connectivity index is 2.24. The van der Waals surface area contributed by atoms with Crippen LogP contribution in [0.3, 0.4) is 0 Å². The number of nitrogens with two attached hydrogens (primary N) is 1. The number of carbonyl (C=O) groups is 2. The van der Waals surface area contributed by atoms with E-state index in [0.29, 0.717) is 19.6 Å². The zero-order valence-corrected chi connectivity index (χ0v) is 12.0. The van der Waals surface area contributed by atoms with Crippen LogP contribution in [0.15, 0.2) is 0 Å². The van der Waals surface area contributed by atoms with Gasteiger partial charge in [-0.25, -0.2) is 0 Å². The van der Waals surface area contributed by atoms with Crippen LogP contribution in [-0.4, -0.2) is 41.9 Å². The van der Waals surface area contributed by atoms with E-state index in [-0.39, 0.29) is 11.8 Å². The topological polar surface area (TPSA) is 75.4 Å². The number of nitrogens with one attached hydrogen (secondary N) is 1. The molecule has 1 aliphatic heterocycles. The molecule has 1 aliphatic carbocycles. The number of rotatable bonds is 2. The lowest BCUT2D eigenvalue weighted by Crippen LogP contribution is -2.66. The van der Waals surface area contributed by atoms with Gasteiger partial charge in [-0.3, -0.25) is 9.59 Å². The lowest BCUT2D eigenvalue weighted by Gasteiger charge is -2.47. The maximum atomic E-state index is 12.9. The summed E-state index contributed by atoms with van der Waals surface area (Å²) in [5.41, 5.74) is 4.71. The Labute approximate surface area is 114 Å². The molecule has 19 heavy (non-hydrogen) atoms. The van der Waals surface area contributed by atoms with Crippen LogP contribution >= 0.6 is 0 Å². The summed E-state index contributed by atoms with van der Waals surface area (Å²) >= 11 is 0. The highest BCUT2D eigenvalue weighted by molar-refractivity contribution is 5.93. The Morgan fingerprint density at radius 1 is 1.32 bits per heavy atom. The van der Waals surface area contributed by atoms with Crippen LogP contribution in [0.25, 0.3) is 0 Å². The summed E-state index contributed by atoms with van der Waals surface area (Å²) in [4.78, 5) is 26.6. The van der Waals surface area contributed by atoms with Gasteiger partial charge in [0.15, 0.2) is 0 Å². The summed E-state index contributed by atoms with van der Waals surface area (Å²) in [5, 5.41) is 2.83. The number of nitrogens with zero attached hydrogens (tertiary/aromatic N) is 1. The molecule has 2 rings (SSSR count). The number of hydrogen-bond acceptors (Lipinski definition) is 3. The van der Waals surface area contributed by atoms with Crippen molar-refractivity contribution >= 4 is 11.8 Å². The number of piperazine rings is 1. The van der Waals surface area contributed by atoms with E-state index in [1.54, 1.807) is 4.90 Å². The fraction of sp³-hybridized carbons (Fsp3) is 0.857. The van der Waals surface area contributed by atoms with Crippen molar-refractivity contribution in [3.8, 4) is 0 Å². The van der Waals surface area contributed by atoms with Crippen molar-refractivity contribution < 1.29 is 9.59 Å². The second-order valence-corrected chi connectivity index (χ2v) is 6.32. The largest absolute Gasteiger partial charge is 0.352 e. The SMILES string of the molecule is CC1(C)C(=O)NCCN1C(=O)C1(CN)CCCCC1. The van der Waals surface area contributed by atoms with Gasteiger partial charge in [0, 0.05) is 19.6 Å². The molecule has 1 heterocycles. The van der Waals surface area contributed by atoms with Gasteiger partial charge in [0.25, 0.3) is 0 Å². The Bertz CT molecular complexity index is 373. The Morgan fingerprint density at radius 2 is 1.95 bits per heavy atom. The van der Waals surface area contributed by atoms with Gasteiger partial charge in [0.05, 0.1) is 5.41 Å². The first-order valence-electron chi connectivity index (χ1n) is 7.24. The first-order chi connectivity index (χ1) is 8.94. The van der Waals surface area contributed by atoms with Crippen LogP contribution in [0.5, 0.6) is 0 Å². The molecule has 0 aromatic rings. The van der Waals surface area contributed by atoms with Gasteiger partial charge in [-0.15, -0.1) is 0 Å². The molecular formula is C14H25N3O2. The lowest BCUT2D eigenvalue weighted by molar-refractivity contribution is -0.157. The molecule has 2 amide bonds. The van der Waals surface area contributed by atoms with E-state index in [0.717, 1.165) is 25.7 Å². The van der Waals surface area contributed by atoms with Crippen molar-refractivity contribution in [2.24, 2.45) is 11.1 Å². The van der Waals surface area contributed by atoms with Crippen LogP contribution in [0, 0.1) is 5.41 Å². The average molecular weight is 267 g/mol. The quantitative estimate of drug-likeness (QED) is 0.770. The van der Waals surface area contributed by atoms with Gasteiger partial charge < -0.3 is 16.0 Å². The van der Waals surface area contributed by atoms with Crippen molar-refractivity contribution in [3.05, 3.63) is 0 Å². The van der Waals surface area contributed by atoms with E-state index in [2.05, 4.69) is 5.32 Å². The summed E-state index contributed by atoms with van der Waals surface area (Å²) in [5.74, 6) is 0.00429. The third-order valence-electron chi connectivity index (χ3n) is 4.75. The van der Waals surface area contributed by atoms with Crippen molar-refractivity contribution in [3.63, 3.8) is 0 Å². The highest BCUT2D eigenvalue weighted by Gasteiger charge is 2.48. The van der Waals surface area contributed by atoms with Crippen LogP contribution in [0.1, 0.15) is 46.0 Å². The first kappa shape index (κ1) is 14.3. The molecule has 108 valence electrons. The highest BCUT2D eigenvalue weighted by Crippen LogP contribution is 2.38. The highest BCUT2D eigenvalue weighted by atomic mass is 16.2. The average Bonchev–Trinajstić information content (AvgIpc) is 2.42. The molecule has 0 aromatic heterocycles. The molecule has 2 aliphatic rings. The monoisotopic (exact) mass is 267 g/mol. The van der Waals surface area contributed by atoms with E-state index in [4.69, 9.17) is 5.73 Å². The molecule has 1 saturated carbocycles. The maximum absolute atomic E-state index is 12.9. The minimum atomic E-state index is -0.769. The van der Waals surface area contributed by atoms with E-state index >= 15 is 0 Å². The molecule has 3 N–H and O–H groups in total. The molecule has 0 bridgehead atoms. The van der Waals surface area contributed by atoms with E-state index in [9.17, 15) is 9.59 Å². The molecule has 0 radical (unpaired) electrons. The van der Waals surface area contributed by atoms with Crippen molar-refractivity contribution in [1.82, 2.24) is 10.2 Å². The zero-order valence-electron chi connectivity index (χ0n) is 12.0.